The highest BCUT2D eigenvalue weighted by atomic mass is 16.3. The van der Waals surface area contributed by atoms with Crippen molar-refractivity contribution in [1.29, 1.82) is 0 Å². The molecule has 0 unspecified atom stereocenters. The molecule has 110 valence electrons. The van der Waals surface area contributed by atoms with Gasteiger partial charge < -0.3 is 14.6 Å². The van der Waals surface area contributed by atoms with E-state index < -0.39 is 0 Å². The number of benzene rings is 1. The fourth-order valence-electron chi connectivity index (χ4n) is 2.62. The van der Waals surface area contributed by atoms with E-state index in [0.29, 0.717) is 6.42 Å². The molecule has 0 saturated carbocycles. The number of carbonyl (C=O) groups excluding carboxylic acids is 1. The first-order valence-corrected chi connectivity index (χ1v) is 7.45. The van der Waals surface area contributed by atoms with Crippen molar-refractivity contribution in [3.63, 3.8) is 0 Å². The molecule has 3 rings (SSSR count). The maximum atomic E-state index is 11.9. The second-order valence-corrected chi connectivity index (χ2v) is 5.35. The summed E-state index contributed by atoms with van der Waals surface area (Å²) in [7, 11) is 0. The molecule has 1 fully saturated rings. The maximum absolute atomic E-state index is 11.9. The third-order valence-electron chi connectivity index (χ3n) is 3.78. The lowest BCUT2D eigenvalue weighted by Gasteiger charge is -2.26. The van der Waals surface area contributed by atoms with Crippen LogP contribution in [0.4, 0.5) is 5.69 Å². The molecule has 1 saturated heterocycles. The molecular weight excluding hydrogens is 264 g/mol. The second kappa shape index (κ2) is 6.59. The minimum absolute atomic E-state index is 0.241. The van der Waals surface area contributed by atoms with Crippen molar-refractivity contribution >= 4 is 11.6 Å². The van der Waals surface area contributed by atoms with Crippen LogP contribution in [0.3, 0.4) is 0 Å². The van der Waals surface area contributed by atoms with Gasteiger partial charge in [0.2, 0.25) is 5.91 Å². The van der Waals surface area contributed by atoms with Gasteiger partial charge >= 0.3 is 0 Å². The smallest absolute Gasteiger partial charge is 0.226 e. The Morgan fingerprint density at radius 1 is 1.10 bits per heavy atom. The lowest BCUT2D eigenvalue weighted by molar-refractivity contribution is -0.119. The Hall–Kier alpha value is -2.07. The normalized spacial score (nSPS) is 15.4. The minimum Gasteiger partial charge on any atom is -0.468 e. The van der Waals surface area contributed by atoms with E-state index in [1.54, 1.807) is 6.26 Å². The monoisotopic (exact) mass is 284 g/mol. The molecule has 1 N–H and O–H groups in total. The van der Waals surface area contributed by atoms with Gasteiger partial charge in [0.05, 0.1) is 12.8 Å². The van der Waals surface area contributed by atoms with E-state index in [4.69, 9.17) is 4.42 Å². The number of hydrogen-bond donors (Lipinski definition) is 1. The van der Waals surface area contributed by atoms with Gasteiger partial charge in [0, 0.05) is 25.2 Å². The average Bonchev–Trinajstić information content (AvgIpc) is 3.02. The van der Waals surface area contributed by atoms with Crippen molar-refractivity contribution in [2.24, 2.45) is 0 Å². The van der Waals surface area contributed by atoms with E-state index in [0.717, 1.165) is 43.9 Å². The minimum atomic E-state index is 0.241. The zero-order valence-electron chi connectivity index (χ0n) is 12.0. The number of carbonyl (C=O) groups is 1. The molecule has 4 nitrogen and oxygen atoms in total. The van der Waals surface area contributed by atoms with Crippen LogP contribution in [0.2, 0.25) is 0 Å². The van der Waals surface area contributed by atoms with E-state index >= 15 is 0 Å². The Labute approximate surface area is 124 Å². The molecule has 0 radical (unpaired) electrons. The van der Waals surface area contributed by atoms with Crippen LogP contribution in [-0.2, 0) is 17.9 Å². The van der Waals surface area contributed by atoms with E-state index in [-0.39, 0.29) is 5.91 Å². The van der Waals surface area contributed by atoms with E-state index in [1.165, 1.54) is 5.56 Å². The number of furan rings is 1. The lowest BCUT2D eigenvalue weighted by Crippen LogP contribution is -2.35. The molecule has 0 atom stereocenters. The molecular formula is C17H20N2O2. The summed E-state index contributed by atoms with van der Waals surface area (Å²) < 4.78 is 5.28. The third kappa shape index (κ3) is 3.52. The summed E-state index contributed by atoms with van der Waals surface area (Å²) in [5.74, 6) is 1.18. The molecule has 0 aliphatic carbocycles. The Morgan fingerprint density at radius 2 is 1.95 bits per heavy atom. The molecule has 4 heteroatoms. The molecule has 1 aromatic carbocycles. The number of nitrogens with one attached hydrogen (secondary N) is 1. The zero-order chi connectivity index (χ0) is 14.5. The molecule has 21 heavy (non-hydrogen) atoms. The first-order valence-electron chi connectivity index (χ1n) is 7.45. The fourth-order valence-corrected chi connectivity index (χ4v) is 2.62. The van der Waals surface area contributed by atoms with Crippen molar-refractivity contribution in [1.82, 2.24) is 5.32 Å². The quantitative estimate of drug-likeness (QED) is 0.917. The Morgan fingerprint density at radius 3 is 2.67 bits per heavy atom. The topological polar surface area (TPSA) is 45.5 Å². The van der Waals surface area contributed by atoms with Crippen molar-refractivity contribution in [2.75, 3.05) is 11.4 Å². The van der Waals surface area contributed by atoms with E-state index in [1.807, 2.05) is 29.2 Å². The zero-order valence-corrected chi connectivity index (χ0v) is 12.0. The first kappa shape index (κ1) is 13.9. The van der Waals surface area contributed by atoms with E-state index in [2.05, 4.69) is 17.4 Å². The van der Waals surface area contributed by atoms with Gasteiger partial charge in [-0.2, -0.15) is 0 Å². The summed E-state index contributed by atoms with van der Waals surface area (Å²) in [6.07, 6.45) is 4.47. The highest BCUT2D eigenvalue weighted by Gasteiger charge is 2.19. The van der Waals surface area contributed by atoms with Gasteiger partial charge in [-0.15, -0.1) is 0 Å². The van der Waals surface area contributed by atoms with Crippen LogP contribution in [0.1, 0.15) is 30.6 Å². The molecule has 1 aliphatic rings. The van der Waals surface area contributed by atoms with Gasteiger partial charge in [-0.25, -0.2) is 0 Å². The number of amides is 1. The van der Waals surface area contributed by atoms with Crippen LogP contribution >= 0.6 is 0 Å². The number of hydrogen-bond acceptors (Lipinski definition) is 3. The van der Waals surface area contributed by atoms with Crippen molar-refractivity contribution < 1.29 is 9.21 Å². The Balaban J connectivity index is 1.55. The number of anilines is 1. The fraction of sp³-hybridized carbons (Fsp3) is 0.353. The molecule has 1 amide bonds. The van der Waals surface area contributed by atoms with Gasteiger partial charge in [-0.3, -0.25) is 4.79 Å². The maximum Gasteiger partial charge on any atom is 0.226 e. The molecule has 2 heterocycles. The van der Waals surface area contributed by atoms with Gasteiger partial charge in [-0.05, 0) is 42.7 Å². The molecule has 2 aromatic rings. The summed E-state index contributed by atoms with van der Waals surface area (Å²) in [5, 5.41) is 3.34. The van der Waals surface area contributed by atoms with Crippen molar-refractivity contribution in [3.8, 4) is 0 Å². The summed E-state index contributed by atoms with van der Waals surface area (Å²) in [5.41, 5.74) is 2.21. The predicted octanol–water partition coefficient (Wildman–Crippen LogP) is 3.09. The van der Waals surface area contributed by atoms with Crippen LogP contribution in [0.25, 0.3) is 0 Å². The average molecular weight is 284 g/mol. The summed E-state index contributed by atoms with van der Waals surface area (Å²) in [6, 6.07) is 12.1. The second-order valence-electron chi connectivity index (χ2n) is 5.35. The van der Waals surface area contributed by atoms with Crippen LogP contribution < -0.4 is 10.2 Å². The summed E-state index contributed by atoms with van der Waals surface area (Å²) in [6.45, 7) is 2.35. The number of rotatable bonds is 5. The van der Waals surface area contributed by atoms with Crippen LogP contribution in [0, 0.1) is 0 Å². The largest absolute Gasteiger partial charge is 0.468 e. The van der Waals surface area contributed by atoms with Gasteiger partial charge in [0.1, 0.15) is 5.76 Å². The summed E-state index contributed by atoms with van der Waals surface area (Å²) >= 11 is 0. The highest BCUT2D eigenvalue weighted by molar-refractivity contribution is 5.93. The van der Waals surface area contributed by atoms with Gasteiger partial charge in [0.25, 0.3) is 0 Å². The standard InChI is InChI=1S/C17H20N2O2/c20-17-5-1-2-10-19(17)15-8-6-14(7-9-15)12-18-13-16-4-3-11-21-16/h3-4,6-9,11,18H,1-2,5,10,12-13H2. The lowest BCUT2D eigenvalue weighted by atomic mass is 10.1. The van der Waals surface area contributed by atoms with Gasteiger partial charge in [-0.1, -0.05) is 12.1 Å². The molecule has 0 spiro atoms. The Kier molecular flexibility index (Phi) is 4.36. The third-order valence-corrected chi connectivity index (χ3v) is 3.78. The van der Waals surface area contributed by atoms with Crippen LogP contribution in [0.15, 0.2) is 47.1 Å². The highest BCUT2D eigenvalue weighted by Crippen LogP contribution is 2.21. The van der Waals surface area contributed by atoms with E-state index in [9.17, 15) is 4.79 Å². The SMILES string of the molecule is O=C1CCCCN1c1ccc(CNCc2ccco2)cc1. The first-order chi connectivity index (χ1) is 10.3. The van der Waals surface area contributed by atoms with Crippen LogP contribution in [0.5, 0.6) is 0 Å². The Bertz CT molecular complexity index is 575. The number of piperidine rings is 1. The molecule has 0 bridgehead atoms. The predicted molar refractivity (Wildman–Crippen MR) is 81.9 cm³/mol. The van der Waals surface area contributed by atoms with Gasteiger partial charge in [0.15, 0.2) is 0 Å². The summed E-state index contributed by atoms with van der Waals surface area (Å²) in [4.78, 5) is 13.8. The molecule has 1 aromatic heterocycles. The van der Waals surface area contributed by atoms with Crippen LogP contribution in [-0.4, -0.2) is 12.5 Å². The van der Waals surface area contributed by atoms with Crippen molar-refractivity contribution in [3.05, 3.63) is 54.0 Å². The van der Waals surface area contributed by atoms with Crippen molar-refractivity contribution in [2.45, 2.75) is 32.4 Å². The molecule has 1 aliphatic heterocycles. The number of nitrogens with zero attached hydrogens (tertiary/aromatic N) is 1.